The SMILES string of the molecule is O=C1c2cccc([N+](=O)[O-])c2C(=O)N1c1cnn(Cc2ccc(Cl)cc2Cl)c1. The molecule has 2 heterocycles. The average Bonchev–Trinajstić information content (AvgIpc) is 3.20. The van der Waals surface area contributed by atoms with Crippen LogP contribution in [0.15, 0.2) is 48.8 Å². The molecular weight excluding hydrogens is 407 g/mol. The van der Waals surface area contributed by atoms with Gasteiger partial charge in [0.15, 0.2) is 0 Å². The second kappa shape index (κ2) is 6.74. The second-order valence-electron chi connectivity index (χ2n) is 6.03. The standard InChI is InChI=1S/C18H10Cl2N4O4/c19-11-5-4-10(14(20)6-11)8-22-9-12(7-21-22)23-17(25)13-2-1-3-15(24(27)28)16(13)18(23)26/h1-7,9H,8H2. The van der Waals surface area contributed by atoms with Gasteiger partial charge in [0.25, 0.3) is 17.5 Å². The van der Waals surface area contributed by atoms with Gasteiger partial charge in [-0.3, -0.25) is 24.4 Å². The fourth-order valence-electron chi connectivity index (χ4n) is 3.03. The van der Waals surface area contributed by atoms with E-state index in [2.05, 4.69) is 5.10 Å². The number of hydrogen-bond donors (Lipinski definition) is 0. The number of halogens is 2. The smallest absolute Gasteiger partial charge is 0.268 e. The minimum Gasteiger partial charge on any atom is -0.268 e. The van der Waals surface area contributed by atoms with E-state index in [1.807, 2.05) is 0 Å². The van der Waals surface area contributed by atoms with Gasteiger partial charge >= 0.3 is 0 Å². The van der Waals surface area contributed by atoms with Gasteiger partial charge in [-0.25, -0.2) is 4.90 Å². The van der Waals surface area contributed by atoms with Gasteiger partial charge < -0.3 is 0 Å². The van der Waals surface area contributed by atoms with Crippen LogP contribution in [0.3, 0.4) is 0 Å². The highest BCUT2D eigenvalue weighted by molar-refractivity contribution is 6.36. The molecule has 0 radical (unpaired) electrons. The summed E-state index contributed by atoms with van der Waals surface area (Å²) in [6.07, 6.45) is 2.84. The van der Waals surface area contributed by atoms with Crippen molar-refractivity contribution in [1.82, 2.24) is 9.78 Å². The molecule has 0 spiro atoms. The Morgan fingerprint density at radius 1 is 1.11 bits per heavy atom. The van der Waals surface area contributed by atoms with Gasteiger partial charge in [0, 0.05) is 22.3 Å². The molecule has 0 fully saturated rings. The number of fused-ring (bicyclic) bond motifs is 1. The van der Waals surface area contributed by atoms with E-state index in [4.69, 9.17) is 23.2 Å². The fraction of sp³-hybridized carbons (Fsp3) is 0.0556. The molecule has 1 aliphatic heterocycles. The molecule has 140 valence electrons. The molecule has 28 heavy (non-hydrogen) atoms. The maximum atomic E-state index is 12.7. The summed E-state index contributed by atoms with van der Waals surface area (Å²) in [5.41, 5.74) is 0.335. The summed E-state index contributed by atoms with van der Waals surface area (Å²) in [5.74, 6) is -1.39. The van der Waals surface area contributed by atoms with Gasteiger partial charge in [-0.15, -0.1) is 0 Å². The summed E-state index contributed by atoms with van der Waals surface area (Å²) >= 11 is 12.0. The third-order valence-corrected chi connectivity index (χ3v) is 4.90. The number of benzene rings is 2. The molecule has 1 aromatic heterocycles. The van der Waals surface area contributed by atoms with Crippen molar-refractivity contribution in [3.05, 3.63) is 85.6 Å². The average molecular weight is 417 g/mol. The summed E-state index contributed by atoms with van der Waals surface area (Å²) in [6, 6.07) is 9.00. The number of carbonyl (C=O) groups excluding carboxylic acids is 2. The summed E-state index contributed by atoms with van der Waals surface area (Å²) in [7, 11) is 0. The molecule has 3 aromatic rings. The normalized spacial score (nSPS) is 13.1. The van der Waals surface area contributed by atoms with Crippen molar-refractivity contribution in [2.75, 3.05) is 4.90 Å². The number of aromatic nitrogens is 2. The molecule has 0 unspecified atom stereocenters. The predicted molar refractivity (Wildman–Crippen MR) is 102 cm³/mol. The number of anilines is 1. The molecule has 0 aliphatic carbocycles. The van der Waals surface area contributed by atoms with Crippen LogP contribution in [-0.4, -0.2) is 26.5 Å². The van der Waals surface area contributed by atoms with Crippen LogP contribution in [0, 0.1) is 10.1 Å². The molecular formula is C18H10Cl2N4O4. The molecule has 8 nitrogen and oxygen atoms in total. The summed E-state index contributed by atoms with van der Waals surface area (Å²) in [5, 5.41) is 16.3. The zero-order chi connectivity index (χ0) is 20.0. The number of nitro benzene ring substituents is 1. The van der Waals surface area contributed by atoms with Crippen LogP contribution in [0.2, 0.25) is 10.0 Å². The predicted octanol–water partition coefficient (Wildman–Crippen LogP) is 3.95. The Kier molecular flexibility index (Phi) is 4.37. The lowest BCUT2D eigenvalue weighted by atomic mass is 10.1. The van der Waals surface area contributed by atoms with Crippen LogP contribution >= 0.6 is 23.2 Å². The topological polar surface area (TPSA) is 98.3 Å². The van der Waals surface area contributed by atoms with Gasteiger partial charge in [0.05, 0.1) is 28.9 Å². The van der Waals surface area contributed by atoms with Crippen LogP contribution in [0.4, 0.5) is 11.4 Å². The number of hydrogen-bond acceptors (Lipinski definition) is 5. The Labute approximate surface area is 168 Å². The lowest BCUT2D eigenvalue weighted by molar-refractivity contribution is -0.385. The monoisotopic (exact) mass is 416 g/mol. The molecule has 2 aromatic carbocycles. The minimum absolute atomic E-state index is 0.00676. The number of rotatable bonds is 4. The maximum Gasteiger partial charge on any atom is 0.283 e. The number of nitrogens with zero attached hydrogens (tertiary/aromatic N) is 4. The van der Waals surface area contributed by atoms with E-state index in [0.717, 1.165) is 10.5 Å². The van der Waals surface area contributed by atoms with E-state index < -0.39 is 22.4 Å². The van der Waals surface area contributed by atoms with E-state index in [1.165, 1.54) is 35.3 Å². The first-order chi connectivity index (χ1) is 13.4. The molecule has 10 heteroatoms. The number of amides is 2. The first kappa shape index (κ1) is 18.1. The van der Waals surface area contributed by atoms with Gasteiger partial charge in [-0.05, 0) is 23.8 Å². The maximum absolute atomic E-state index is 12.7. The molecule has 0 saturated carbocycles. The van der Waals surface area contributed by atoms with Crippen LogP contribution in [0.5, 0.6) is 0 Å². The third kappa shape index (κ3) is 2.92. The van der Waals surface area contributed by atoms with Crippen molar-refractivity contribution in [3.63, 3.8) is 0 Å². The van der Waals surface area contributed by atoms with Crippen molar-refractivity contribution >= 4 is 46.4 Å². The van der Waals surface area contributed by atoms with Crippen LogP contribution in [-0.2, 0) is 6.54 Å². The third-order valence-electron chi connectivity index (χ3n) is 4.31. The van der Waals surface area contributed by atoms with Crippen molar-refractivity contribution in [1.29, 1.82) is 0 Å². The van der Waals surface area contributed by atoms with E-state index >= 15 is 0 Å². The number of nitro groups is 1. The van der Waals surface area contributed by atoms with E-state index in [0.29, 0.717) is 16.6 Å². The van der Waals surface area contributed by atoms with E-state index in [1.54, 1.807) is 18.2 Å². The van der Waals surface area contributed by atoms with Crippen molar-refractivity contribution in [2.45, 2.75) is 6.54 Å². The highest BCUT2D eigenvalue weighted by Gasteiger charge is 2.42. The molecule has 0 atom stereocenters. The fourth-order valence-corrected chi connectivity index (χ4v) is 3.50. The molecule has 0 bridgehead atoms. The van der Waals surface area contributed by atoms with Gasteiger partial charge in [-0.1, -0.05) is 35.3 Å². The Morgan fingerprint density at radius 2 is 1.89 bits per heavy atom. The highest BCUT2D eigenvalue weighted by Crippen LogP contribution is 2.33. The molecule has 4 rings (SSSR count). The Balaban J connectivity index is 1.66. The van der Waals surface area contributed by atoms with Crippen LogP contribution < -0.4 is 4.90 Å². The zero-order valence-corrected chi connectivity index (χ0v) is 15.5. The first-order valence-corrected chi connectivity index (χ1v) is 8.75. The Bertz CT molecular complexity index is 1160. The lowest BCUT2D eigenvalue weighted by Gasteiger charge is -2.10. The summed E-state index contributed by atoms with van der Waals surface area (Å²) < 4.78 is 1.50. The van der Waals surface area contributed by atoms with Crippen molar-refractivity contribution in [2.24, 2.45) is 0 Å². The number of carbonyl (C=O) groups is 2. The van der Waals surface area contributed by atoms with Crippen molar-refractivity contribution in [3.8, 4) is 0 Å². The van der Waals surface area contributed by atoms with E-state index in [-0.39, 0.29) is 16.8 Å². The number of imide groups is 1. The Morgan fingerprint density at radius 3 is 2.61 bits per heavy atom. The van der Waals surface area contributed by atoms with Gasteiger partial charge in [0.2, 0.25) is 0 Å². The van der Waals surface area contributed by atoms with Gasteiger partial charge in [-0.2, -0.15) is 5.10 Å². The largest absolute Gasteiger partial charge is 0.283 e. The molecule has 2 amide bonds. The second-order valence-corrected chi connectivity index (χ2v) is 6.88. The molecule has 0 N–H and O–H groups in total. The van der Waals surface area contributed by atoms with Crippen molar-refractivity contribution < 1.29 is 14.5 Å². The minimum atomic E-state index is -0.753. The Hall–Kier alpha value is -3.23. The van der Waals surface area contributed by atoms with E-state index in [9.17, 15) is 19.7 Å². The summed E-state index contributed by atoms with van der Waals surface area (Å²) in [4.78, 5) is 36.8. The molecule has 1 aliphatic rings. The first-order valence-electron chi connectivity index (χ1n) is 7.99. The van der Waals surface area contributed by atoms with Crippen LogP contribution in [0.1, 0.15) is 26.3 Å². The molecule has 0 saturated heterocycles. The summed E-state index contributed by atoms with van der Waals surface area (Å²) in [6.45, 7) is 0.291. The van der Waals surface area contributed by atoms with Crippen LogP contribution in [0.25, 0.3) is 0 Å². The lowest BCUT2D eigenvalue weighted by Crippen LogP contribution is -2.29. The van der Waals surface area contributed by atoms with Gasteiger partial charge in [0.1, 0.15) is 5.56 Å². The highest BCUT2D eigenvalue weighted by atomic mass is 35.5. The zero-order valence-electron chi connectivity index (χ0n) is 14.0. The quantitative estimate of drug-likeness (QED) is 0.364.